The molecule has 0 aromatic carbocycles. The van der Waals surface area contributed by atoms with Crippen molar-refractivity contribution in [3.8, 4) is 0 Å². The molecule has 0 aliphatic heterocycles. The largest absolute Gasteiger partial charge is 0.404 e. The van der Waals surface area contributed by atoms with E-state index in [2.05, 4.69) is 37.0 Å². The van der Waals surface area contributed by atoms with Gasteiger partial charge in [-0.15, -0.1) is 0 Å². The Hall–Kier alpha value is -0.430. The highest BCUT2D eigenvalue weighted by Crippen LogP contribution is 2.39. The van der Waals surface area contributed by atoms with Crippen LogP contribution >= 0.6 is 31.9 Å². The minimum absolute atomic E-state index is 0.101. The van der Waals surface area contributed by atoms with Crippen LogP contribution in [0.4, 0.5) is 5.82 Å². The molecule has 1 aliphatic carbocycles. The van der Waals surface area contributed by atoms with Crippen LogP contribution in [-0.2, 0) is 6.54 Å². The SMILES string of the molecule is O=[N+]([O-])c1nn(CC2(CBr)CCCCC2)cc1Br. The lowest BCUT2D eigenvalue weighted by Gasteiger charge is -2.34. The average molecular weight is 381 g/mol. The monoisotopic (exact) mass is 379 g/mol. The molecule has 1 aromatic rings. The highest BCUT2D eigenvalue weighted by molar-refractivity contribution is 9.10. The summed E-state index contributed by atoms with van der Waals surface area (Å²) in [5.74, 6) is -0.101. The van der Waals surface area contributed by atoms with Gasteiger partial charge in [-0.3, -0.25) is 0 Å². The first-order chi connectivity index (χ1) is 8.56. The summed E-state index contributed by atoms with van der Waals surface area (Å²) in [5.41, 5.74) is 0.192. The van der Waals surface area contributed by atoms with Gasteiger partial charge in [-0.1, -0.05) is 35.2 Å². The first kappa shape index (κ1) is 14.0. The first-order valence-electron chi connectivity index (χ1n) is 6.00. The number of alkyl halides is 1. The number of aromatic nitrogens is 2. The van der Waals surface area contributed by atoms with Gasteiger partial charge in [0, 0.05) is 10.7 Å². The first-order valence-corrected chi connectivity index (χ1v) is 7.91. The fourth-order valence-electron chi connectivity index (χ4n) is 2.57. The van der Waals surface area contributed by atoms with Crippen LogP contribution in [0.5, 0.6) is 0 Å². The molecule has 1 saturated carbocycles. The van der Waals surface area contributed by atoms with E-state index in [1.54, 1.807) is 10.9 Å². The molecule has 5 nitrogen and oxygen atoms in total. The zero-order valence-electron chi connectivity index (χ0n) is 9.94. The maximum Gasteiger partial charge on any atom is 0.404 e. The summed E-state index contributed by atoms with van der Waals surface area (Å²) >= 11 is 6.78. The molecule has 0 bridgehead atoms. The van der Waals surface area contributed by atoms with Crippen LogP contribution < -0.4 is 0 Å². The second-order valence-electron chi connectivity index (χ2n) is 4.95. The second kappa shape index (κ2) is 5.69. The van der Waals surface area contributed by atoms with E-state index in [1.807, 2.05) is 0 Å². The molecule has 0 amide bonds. The summed E-state index contributed by atoms with van der Waals surface area (Å²) in [5, 5.41) is 15.7. The van der Waals surface area contributed by atoms with Crippen LogP contribution in [0.25, 0.3) is 0 Å². The Morgan fingerprint density at radius 3 is 2.61 bits per heavy atom. The van der Waals surface area contributed by atoms with Crippen molar-refractivity contribution >= 4 is 37.7 Å². The van der Waals surface area contributed by atoms with Crippen molar-refractivity contribution in [1.29, 1.82) is 0 Å². The summed E-state index contributed by atoms with van der Waals surface area (Å²) in [6.45, 7) is 0.741. The molecule has 1 aromatic heterocycles. The maximum absolute atomic E-state index is 10.8. The second-order valence-corrected chi connectivity index (χ2v) is 6.36. The van der Waals surface area contributed by atoms with Crippen molar-refractivity contribution in [2.24, 2.45) is 5.41 Å². The van der Waals surface area contributed by atoms with E-state index >= 15 is 0 Å². The molecule has 2 rings (SSSR count). The van der Waals surface area contributed by atoms with E-state index in [-0.39, 0.29) is 11.2 Å². The van der Waals surface area contributed by atoms with Crippen LogP contribution in [0.15, 0.2) is 10.7 Å². The van der Waals surface area contributed by atoms with Crippen LogP contribution in [0.1, 0.15) is 32.1 Å². The Balaban J connectivity index is 2.16. The average Bonchev–Trinajstić information content (AvgIpc) is 2.71. The predicted octanol–water partition coefficient (Wildman–Crippen LogP) is 3.90. The Kier molecular flexibility index (Phi) is 4.42. The number of nitrogens with zero attached hydrogens (tertiary/aromatic N) is 3. The van der Waals surface area contributed by atoms with Gasteiger partial charge in [0.2, 0.25) is 0 Å². The Morgan fingerprint density at radius 1 is 1.44 bits per heavy atom. The third-order valence-corrected chi connectivity index (χ3v) is 5.32. The number of rotatable bonds is 4. The lowest BCUT2D eigenvalue weighted by molar-refractivity contribution is -0.390. The minimum atomic E-state index is -0.456. The zero-order chi connectivity index (χ0) is 13.2. The summed E-state index contributed by atoms with van der Waals surface area (Å²) in [6, 6.07) is 0. The molecule has 100 valence electrons. The molecule has 0 radical (unpaired) electrons. The maximum atomic E-state index is 10.8. The van der Waals surface area contributed by atoms with Gasteiger partial charge >= 0.3 is 5.82 Å². The molecule has 18 heavy (non-hydrogen) atoms. The molecule has 0 N–H and O–H groups in total. The van der Waals surface area contributed by atoms with Crippen LogP contribution in [0.2, 0.25) is 0 Å². The number of halogens is 2. The fraction of sp³-hybridized carbons (Fsp3) is 0.727. The van der Waals surface area contributed by atoms with Crippen LogP contribution in [0, 0.1) is 15.5 Å². The molecular formula is C11H15Br2N3O2. The van der Waals surface area contributed by atoms with Gasteiger partial charge < -0.3 is 10.1 Å². The number of hydrogen-bond acceptors (Lipinski definition) is 3. The summed E-state index contributed by atoms with van der Waals surface area (Å²) in [4.78, 5) is 10.3. The van der Waals surface area contributed by atoms with Gasteiger partial charge in [0.1, 0.15) is 4.47 Å². The highest BCUT2D eigenvalue weighted by Gasteiger charge is 2.33. The summed E-state index contributed by atoms with van der Waals surface area (Å²) in [7, 11) is 0. The van der Waals surface area contributed by atoms with E-state index in [0.29, 0.717) is 4.47 Å². The van der Waals surface area contributed by atoms with Gasteiger partial charge in [-0.2, -0.15) is 4.68 Å². The summed E-state index contributed by atoms with van der Waals surface area (Å²) < 4.78 is 2.16. The molecule has 1 fully saturated rings. The lowest BCUT2D eigenvalue weighted by atomic mass is 9.76. The predicted molar refractivity (Wildman–Crippen MR) is 75.9 cm³/mol. The van der Waals surface area contributed by atoms with Crippen molar-refractivity contribution in [1.82, 2.24) is 9.78 Å². The minimum Gasteiger partial charge on any atom is -0.358 e. The lowest BCUT2D eigenvalue weighted by Crippen LogP contribution is -2.31. The normalized spacial score (nSPS) is 18.8. The Morgan fingerprint density at radius 2 is 2.11 bits per heavy atom. The van der Waals surface area contributed by atoms with Gasteiger partial charge in [0.25, 0.3) is 0 Å². The smallest absolute Gasteiger partial charge is 0.358 e. The molecule has 0 spiro atoms. The third-order valence-electron chi connectivity index (χ3n) is 3.57. The van der Waals surface area contributed by atoms with Crippen molar-refractivity contribution < 1.29 is 4.92 Å². The topological polar surface area (TPSA) is 61.0 Å². The molecular weight excluding hydrogens is 366 g/mol. The van der Waals surface area contributed by atoms with E-state index in [4.69, 9.17) is 0 Å². The third kappa shape index (κ3) is 2.93. The van der Waals surface area contributed by atoms with E-state index in [9.17, 15) is 10.1 Å². The number of nitro groups is 1. The van der Waals surface area contributed by atoms with Crippen molar-refractivity contribution in [2.75, 3.05) is 5.33 Å². The van der Waals surface area contributed by atoms with Crippen molar-refractivity contribution in [2.45, 2.75) is 38.6 Å². The molecule has 1 aliphatic rings. The summed E-state index contributed by atoms with van der Waals surface area (Å²) in [6.07, 6.45) is 7.77. The van der Waals surface area contributed by atoms with Gasteiger partial charge in [0.15, 0.2) is 0 Å². The molecule has 1 heterocycles. The van der Waals surface area contributed by atoms with Crippen LogP contribution in [-0.4, -0.2) is 20.0 Å². The van der Waals surface area contributed by atoms with Crippen molar-refractivity contribution in [3.05, 3.63) is 20.8 Å². The van der Waals surface area contributed by atoms with Crippen molar-refractivity contribution in [3.63, 3.8) is 0 Å². The quantitative estimate of drug-likeness (QED) is 0.452. The molecule has 0 atom stereocenters. The fourth-order valence-corrected chi connectivity index (χ4v) is 3.77. The number of hydrogen-bond donors (Lipinski definition) is 0. The highest BCUT2D eigenvalue weighted by atomic mass is 79.9. The Labute approximate surface area is 122 Å². The van der Waals surface area contributed by atoms with Crippen LogP contribution in [0.3, 0.4) is 0 Å². The van der Waals surface area contributed by atoms with Gasteiger partial charge in [0.05, 0.1) is 17.8 Å². The molecule has 7 heteroatoms. The molecule has 0 unspecified atom stereocenters. The Bertz CT molecular complexity index is 441. The van der Waals surface area contributed by atoms with E-state index in [0.717, 1.165) is 24.7 Å². The van der Waals surface area contributed by atoms with E-state index < -0.39 is 4.92 Å². The van der Waals surface area contributed by atoms with Gasteiger partial charge in [-0.25, -0.2) is 0 Å². The molecule has 0 saturated heterocycles. The standard InChI is InChI=1S/C11H15Br2N3O2/c12-7-11(4-2-1-3-5-11)8-15-6-9(13)10(14-15)16(17)18/h6H,1-5,7-8H2. The zero-order valence-corrected chi connectivity index (χ0v) is 13.1. The van der Waals surface area contributed by atoms with E-state index in [1.165, 1.54) is 19.3 Å². The van der Waals surface area contributed by atoms with Gasteiger partial charge in [-0.05, 0) is 33.7 Å².